The van der Waals surface area contributed by atoms with E-state index in [1.54, 1.807) is 11.1 Å². The van der Waals surface area contributed by atoms with E-state index < -0.39 is 0 Å². The van der Waals surface area contributed by atoms with Crippen molar-refractivity contribution in [2.75, 3.05) is 0 Å². The molecule has 0 aliphatic carbocycles. The standard InChI is InChI=1S/C32H58/c1-8-9-10-11-12-13-14-15-16-17-18-19-20-21-22-23-24-28-25-26-29(31(2,3)4)27-30(28)32(5,6)7/h25-27H,8-24H2,1-7H3. The van der Waals surface area contributed by atoms with E-state index in [-0.39, 0.29) is 10.8 Å². The molecule has 1 aromatic rings. The Labute approximate surface area is 203 Å². The molecule has 0 heterocycles. The molecule has 1 rings (SSSR count). The van der Waals surface area contributed by atoms with Crippen LogP contribution in [0.25, 0.3) is 0 Å². The minimum absolute atomic E-state index is 0.228. The zero-order chi connectivity index (χ0) is 23.9. The molecule has 0 saturated carbocycles. The molecule has 0 atom stereocenters. The van der Waals surface area contributed by atoms with Gasteiger partial charge in [0.25, 0.3) is 0 Å². The van der Waals surface area contributed by atoms with E-state index in [0.717, 1.165) is 0 Å². The first kappa shape index (κ1) is 29.3. The van der Waals surface area contributed by atoms with Crippen LogP contribution < -0.4 is 0 Å². The molecule has 0 N–H and O–H groups in total. The molecule has 0 saturated heterocycles. The molecule has 0 aromatic heterocycles. The van der Waals surface area contributed by atoms with Gasteiger partial charge in [0.15, 0.2) is 0 Å². The molecule has 0 unspecified atom stereocenters. The van der Waals surface area contributed by atoms with Crippen LogP contribution in [0.4, 0.5) is 0 Å². The SMILES string of the molecule is CCCCCCCCCCCCCCCCCCc1ccc(C(C)(C)C)cc1C(C)(C)C. The van der Waals surface area contributed by atoms with E-state index in [1.165, 1.54) is 115 Å². The lowest BCUT2D eigenvalue weighted by Gasteiger charge is -2.27. The van der Waals surface area contributed by atoms with Gasteiger partial charge in [-0.1, -0.05) is 163 Å². The van der Waals surface area contributed by atoms with E-state index in [9.17, 15) is 0 Å². The topological polar surface area (TPSA) is 0 Å². The van der Waals surface area contributed by atoms with E-state index >= 15 is 0 Å². The van der Waals surface area contributed by atoms with Crippen LogP contribution in [0.3, 0.4) is 0 Å². The fourth-order valence-electron chi connectivity index (χ4n) is 4.82. The number of hydrogen-bond donors (Lipinski definition) is 0. The van der Waals surface area contributed by atoms with Crippen LogP contribution in [0, 0.1) is 0 Å². The van der Waals surface area contributed by atoms with Crippen LogP contribution in [0.15, 0.2) is 18.2 Å². The number of benzene rings is 1. The fraction of sp³-hybridized carbons (Fsp3) is 0.812. The second-order valence-electron chi connectivity index (χ2n) is 12.4. The molecule has 0 aliphatic heterocycles. The maximum Gasteiger partial charge on any atom is -0.0129 e. The molecule has 0 fully saturated rings. The predicted molar refractivity (Wildman–Crippen MR) is 147 cm³/mol. The quantitative estimate of drug-likeness (QED) is 0.210. The molecule has 0 aliphatic rings. The Balaban J connectivity index is 2.11. The van der Waals surface area contributed by atoms with Crippen molar-refractivity contribution >= 4 is 0 Å². The highest BCUT2D eigenvalue weighted by Crippen LogP contribution is 2.32. The summed E-state index contributed by atoms with van der Waals surface area (Å²) >= 11 is 0. The van der Waals surface area contributed by atoms with Gasteiger partial charge in [0, 0.05) is 0 Å². The van der Waals surface area contributed by atoms with Crippen molar-refractivity contribution in [2.45, 2.75) is 168 Å². The zero-order valence-electron chi connectivity index (χ0n) is 23.3. The summed E-state index contributed by atoms with van der Waals surface area (Å²) in [6, 6.07) is 7.28. The summed E-state index contributed by atoms with van der Waals surface area (Å²) in [5, 5.41) is 0. The summed E-state index contributed by atoms with van der Waals surface area (Å²) in [5.41, 5.74) is 5.07. The molecular formula is C32H58. The lowest BCUT2D eigenvalue weighted by molar-refractivity contribution is 0.528. The van der Waals surface area contributed by atoms with Gasteiger partial charge in [-0.05, 0) is 40.4 Å². The van der Waals surface area contributed by atoms with Crippen LogP contribution in [-0.2, 0) is 17.3 Å². The second kappa shape index (κ2) is 16.0. The fourth-order valence-corrected chi connectivity index (χ4v) is 4.82. The Morgan fingerprint density at radius 1 is 0.500 bits per heavy atom. The summed E-state index contributed by atoms with van der Waals surface area (Å²) in [5.74, 6) is 0. The summed E-state index contributed by atoms with van der Waals surface area (Å²) in [4.78, 5) is 0. The second-order valence-corrected chi connectivity index (χ2v) is 12.4. The highest BCUT2D eigenvalue weighted by atomic mass is 14.3. The van der Waals surface area contributed by atoms with Crippen molar-refractivity contribution in [3.05, 3.63) is 34.9 Å². The van der Waals surface area contributed by atoms with Crippen molar-refractivity contribution in [1.82, 2.24) is 0 Å². The van der Waals surface area contributed by atoms with Crippen LogP contribution in [0.1, 0.15) is 168 Å². The summed E-state index contributed by atoms with van der Waals surface area (Å²) < 4.78 is 0. The maximum atomic E-state index is 2.49. The molecular weight excluding hydrogens is 384 g/mol. The van der Waals surface area contributed by atoms with E-state index in [1.807, 2.05) is 0 Å². The Morgan fingerprint density at radius 3 is 1.28 bits per heavy atom. The summed E-state index contributed by atoms with van der Waals surface area (Å²) in [7, 11) is 0. The van der Waals surface area contributed by atoms with Crippen molar-refractivity contribution in [1.29, 1.82) is 0 Å². The maximum absolute atomic E-state index is 2.49. The van der Waals surface area contributed by atoms with Crippen LogP contribution in [0.5, 0.6) is 0 Å². The molecule has 0 bridgehead atoms. The monoisotopic (exact) mass is 442 g/mol. The Kier molecular flexibility index (Phi) is 14.6. The first-order chi connectivity index (χ1) is 15.2. The van der Waals surface area contributed by atoms with Gasteiger partial charge in [-0.2, -0.15) is 0 Å². The van der Waals surface area contributed by atoms with Crippen LogP contribution >= 0.6 is 0 Å². The van der Waals surface area contributed by atoms with E-state index in [2.05, 4.69) is 66.7 Å². The number of rotatable bonds is 17. The third-order valence-corrected chi connectivity index (χ3v) is 7.08. The highest BCUT2D eigenvalue weighted by molar-refractivity contribution is 5.39. The van der Waals surface area contributed by atoms with E-state index in [4.69, 9.17) is 0 Å². The van der Waals surface area contributed by atoms with Crippen LogP contribution in [-0.4, -0.2) is 0 Å². The van der Waals surface area contributed by atoms with Crippen molar-refractivity contribution in [3.8, 4) is 0 Å². The largest absolute Gasteiger partial charge is 0.0654 e. The van der Waals surface area contributed by atoms with E-state index in [0.29, 0.717) is 0 Å². The smallest absolute Gasteiger partial charge is 0.0129 e. The number of aryl methyl sites for hydroxylation is 1. The molecule has 0 spiro atoms. The van der Waals surface area contributed by atoms with Gasteiger partial charge in [0.2, 0.25) is 0 Å². The lowest BCUT2D eigenvalue weighted by atomic mass is 9.77. The van der Waals surface area contributed by atoms with Gasteiger partial charge in [0.1, 0.15) is 0 Å². The first-order valence-electron chi connectivity index (χ1n) is 14.3. The van der Waals surface area contributed by atoms with Gasteiger partial charge in [0.05, 0.1) is 0 Å². The normalized spacial score (nSPS) is 12.5. The summed E-state index contributed by atoms with van der Waals surface area (Å²) in [6.07, 6.45) is 24.3. The molecule has 0 heteroatoms. The molecule has 186 valence electrons. The van der Waals surface area contributed by atoms with Crippen molar-refractivity contribution in [2.24, 2.45) is 0 Å². The molecule has 0 amide bonds. The average molecular weight is 443 g/mol. The minimum atomic E-state index is 0.228. The molecule has 32 heavy (non-hydrogen) atoms. The molecule has 1 aromatic carbocycles. The van der Waals surface area contributed by atoms with Crippen molar-refractivity contribution in [3.63, 3.8) is 0 Å². The third-order valence-electron chi connectivity index (χ3n) is 7.08. The lowest BCUT2D eigenvalue weighted by Crippen LogP contribution is -2.18. The Hall–Kier alpha value is -0.780. The minimum Gasteiger partial charge on any atom is -0.0654 e. The summed E-state index contributed by atoms with van der Waals surface area (Å²) in [6.45, 7) is 16.4. The molecule has 0 radical (unpaired) electrons. The first-order valence-corrected chi connectivity index (χ1v) is 14.3. The zero-order valence-corrected chi connectivity index (χ0v) is 23.3. The van der Waals surface area contributed by atoms with Gasteiger partial charge >= 0.3 is 0 Å². The predicted octanol–water partition coefficient (Wildman–Crippen LogP) is 11.1. The third kappa shape index (κ3) is 13.1. The van der Waals surface area contributed by atoms with Gasteiger partial charge in [-0.3, -0.25) is 0 Å². The Bertz CT molecular complexity index is 581. The molecule has 0 nitrogen and oxygen atoms in total. The Morgan fingerprint density at radius 2 is 0.906 bits per heavy atom. The van der Waals surface area contributed by atoms with Gasteiger partial charge in [-0.15, -0.1) is 0 Å². The highest BCUT2D eigenvalue weighted by Gasteiger charge is 2.21. The van der Waals surface area contributed by atoms with Gasteiger partial charge < -0.3 is 0 Å². The van der Waals surface area contributed by atoms with Crippen LogP contribution in [0.2, 0.25) is 0 Å². The average Bonchev–Trinajstić information content (AvgIpc) is 2.72. The number of unbranched alkanes of at least 4 members (excludes halogenated alkanes) is 15. The number of hydrogen-bond acceptors (Lipinski definition) is 0. The van der Waals surface area contributed by atoms with Crippen molar-refractivity contribution < 1.29 is 0 Å². The van der Waals surface area contributed by atoms with Gasteiger partial charge in [-0.25, -0.2) is 0 Å².